The van der Waals surface area contributed by atoms with Gasteiger partial charge in [-0.25, -0.2) is 13.8 Å². The zero-order chi connectivity index (χ0) is 17.2. The number of nitrogens with one attached hydrogen (secondary N) is 1. The minimum absolute atomic E-state index is 0.0339. The Bertz CT molecular complexity index is 628. The Morgan fingerprint density at radius 2 is 2.13 bits per heavy atom. The second kappa shape index (κ2) is 6.97. The van der Waals surface area contributed by atoms with Crippen LogP contribution >= 0.6 is 23.2 Å². The van der Waals surface area contributed by atoms with E-state index in [1.54, 1.807) is 0 Å². The van der Waals surface area contributed by atoms with Gasteiger partial charge in [0.25, 0.3) is 11.8 Å². The third-order valence-electron chi connectivity index (χ3n) is 3.55. The van der Waals surface area contributed by atoms with Crippen LogP contribution in [0.3, 0.4) is 0 Å². The molecule has 0 bridgehead atoms. The van der Waals surface area contributed by atoms with Crippen LogP contribution in [-0.4, -0.2) is 46.8 Å². The topological polar surface area (TPSA) is 62.3 Å². The van der Waals surface area contributed by atoms with Crippen molar-refractivity contribution in [2.24, 2.45) is 0 Å². The molecule has 0 aliphatic carbocycles. The zero-order valence-corrected chi connectivity index (χ0v) is 13.8. The van der Waals surface area contributed by atoms with Crippen LogP contribution in [0.4, 0.5) is 8.78 Å². The van der Waals surface area contributed by atoms with Gasteiger partial charge in [0.15, 0.2) is 0 Å². The van der Waals surface area contributed by atoms with Crippen molar-refractivity contribution in [1.82, 2.24) is 15.2 Å². The fourth-order valence-electron chi connectivity index (χ4n) is 2.41. The van der Waals surface area contributed by atoms with Crippen molar-refractivity contribution in [2.45, 2.75) is 31.7 Å². The summed E-state index contributed by atoms with van der Waals surface area (Å²) >= 11 is 11.7. The molecule has 0 aromatic carbocycles. The van der Waals surface area contributed by atoms with E-state index in [4.69, 9.17) is 23.2 Å². The van der Waals surface area contributed by atoms with Crippen LogP contribution in [0.5, 0.6) is 0 Å². The molecule has 0 spiro atoms. The van der Waals surface area contributed by atoms with Crippen molar-refractivity contribution in [2.75, 3.05) is 13.1 Å². The van der Waals surface area contributed by atoms with E-state index in [9.17, 15) is 18.4 Å². The number of alkyl halides is 2. The van der Waals surface area contributed by atoms with E-state index in [-0.39, 0.29) is 41.2 Å². The Balaban J connectivity index is 2.27. The van der Waals surface area contributed by atoms with Gasteiger partial charge >= 0.3 is 0 Å². The molecule has 126 valence electrons. The van der Waals surface area contributed by atoms with Crippen LogP contribution in [-0.2, 0) is 4.79 Å². The third-order valence-corrected chi connectivity index (χ3v) is 4.06. The second-order valence-electron chi connectivity index (χ2n) is 5.38. The molecule has 2 heterocycles. The molecule has 23 heavy (non-hydrogen) atoms. The van der Waals surface area contributed by atoms with Gasteiger partial charge in [-0.15, -0.1) is 0 Å². The van der Waals surface area contributed by atoms with Gasteiger partial charge in [0, 0.05) is 25.9 Å². The van der Waals surface area contributed by atoms with Gasteiger partial charge in [0.05, 0.1) is 11.6 Å². The summed E-state index contributed by atoms with van der Waals surface area (Å²) in [5, 5.41) is 2.62. The first kappa shape index (κ1) is 17.9. The first-order valence-electron chi connectivity index (χ1n) is 6.95. The van der Waals surface area contributed by atoms with E-state index in [2.05, 4.69) is 10.3 Å². The summed E-state index contributed by atoms with van der Waals surface area (Å²) in [7, 11) is 0. The molecule has 1 atom stereocenters. The summed E-state index contributed by atoms with van der Waals surface area (Å²) in [6, 6.07) is 2.23. The number of rotatable bonds is 3. The lowest BCUT2D eigenvalue weighted by Crippen LogP contribution is -2.55. The predicted molar refractivity (Wildman–Crippen MR) is 81.9 cm³/mol. The fraction of sp³-hybridized carbons (Fsp3) is 0.500. The number of aromatic nitrogens is 1. The number of hydrogen-bond donors (Lipinski definition) is 1. The van der Waals surface area contributed by atoms with Crippen LogP contribution in [0, 0.1) is 0 Å². The summed E-state index contributed by atoms with van der Waals surface area (Å²) in [4.78, 5) is 28.5. The maximum absolute atomic E-state index is 13.7. The number of hydrogen-bond acceptors (Lipinski definition) is 3. The molecule has 1 aliphatic rings. The molecule has 0 radical (unpaired) electrons. The van der Waals surface area contributed by atoms with Gasteiger partial charge in [-0.1, -0.05) is 23.2 Å². The number of likely N-dealkylation sites (tertiary alicyclic amines) is 1. The van der Waals surface area contributed by atoms with Crippen molar-refractivity contribution >= 4 is 35.0 Å². The molecule has 0 unspecified atom stereocenters. The van der Waals surface area contributed by atoms with Crippen LogP contribution in [0.1, 0.15) is 30.3 Å². The van der Waals surface area contributed by atoms with Crippen LogP contribution < -0.4 is 5.32 Å². The van der Waals surface area contributed by atoms with Gasteiger partial charge in [-0.05, 0) is 18.6 Å². The van der Waals surface area contributed by atoms with E-state index in [0.717, 1.165) is 4.90 Å². The van der Waals surface area contributed by atoms with Crippen molar-refractivity contribution < 1.29 is 18.4 Å². The summed E-state index contributed by atoms with van der Waals surface area (Å²) < 4.78 is 27.4. The summed E-state index contributed by atoms with van der Waals surface area (Å²) in [5.74, 6) is -4.02. The van der Waals surface area contributed by atoms with Crippen LogP contribution in [0.25, 0.3) is 0 Å². The quantitative estimate of drug-likeness (QED) is 0.837. The van der Waals surface area contributed by atoms with Gasteiger partial charge in [0.1, 0.15) is 10.8 Å². The Morgan fingerprint density at radius 3 is 2.78 bits per heavy atom. The highest BCUT2D eigenvalue weighted by molar-refractivity contribution is 6.34. The average molecular weight is 366 g/mol. The number of amides is 2. The monoisotopic (exact) mass is 365 g/mol. The average Bonchev–Trinajstić information content (AvgIpc) is 2.47. The Kier molecular flexibility index (Phi) is 5.41. The lowest BCUT2D eigenvalue weighted by molar-refractivity contribution is -0.119. The highest BCUT2D eigenvalue weighted by Crippen LogP contribution is 2.32. The van der Waals surface area contributed by atoms with Crippen molar-refractivity contribution in [3.05, 3.63) is 28.0 Å². The molecule has 1 aromatic rings. The SMILES string of the molecule is CC(=O)NC[C@H]1CCC(F)(F)CN1C(=O)c1nc(Cl)ccc1Cl. The van der Waals surface area contributed by atoms with Crippen LogP contribution in [0.15, 0.2) is 12.1 Å². The molecule has 1 N–H and O–H groups in total. The summed E-state index contributed by atoms with van der Waals surface area (Å²) in [6.45, 7) is 0.662. The fourth-order valence-corrected chi connectivity index (χ4v) is 2.74. The standard InChI is InChI=1S/C14H15Cl2F2N3O2/c1-8(22)19-6-9-4-5-14(17,18)7-21(9)13(23)12-10(15)2-3-11(16)20-12/h2-3,9H,4-7H2,1H3,(H,19,22)/t9-/m1/s1. The highest BCUT2D eigenvalue weighted by atomic mass is 35.5. The molecule has 1 aliphatic heterocycles. The predicted octanol–water partition coefficient (Wildman–Crippen LogP) is 2.76. The Hall–Kier alpha value is -1.47. The smallest absolute Gasteiger partial charge is 0.274 e. The van der Waals surface area contributed by atoms with E-state index in [1.807, 2.05) is 0 Å². The molecule has 0 saturated carbocycles. The number of piperidine rings is 1. The number of carbonyl (C=O) groups excluding carboxylic acids is 2. The minimum atomic E-state index is -2.99. The molecule has 1 aromatic heterocycles. The van der Waals surface area contributed by atoms with Gasteiger partial charge in [0.2, 0.25) is 5.91 Å². The minimum Gasteiger partial charge on any atom is -0.354 e. The molecule has 9 heteroatoms. The molecule has 2 rings (SSSR count). The van der Waals surface area contributed by atoms with Crippen molar-refractivity contribution in [3.8, 4) is 0 Å². The molecule has 1 saturated heterocycles. The Labute approximate surface area is 142 Å². The normalized spacial score (nSPS) is 20.2. The van der Waals surface area contributed by atoms with E-state index in [1.165, 1.54) is 19.1 Å². The lowest BCUT2D eigenvalue weighted by atomic mass is 9.98. The van der Waals surface area contributed by atoms with E-state index >= 15 is 0 Å². The molecular weight excluding hydrogens is 351 g/mol. The van der Waals surface area contributed by atoms with Gasteiger partial charge < -0.3 is 10.2 Å². The molecule has 2 amide bonds. The maximum atomic E-state index is 13.7. The van der Waals surface area contributed by atoms with E-state index in [0.29, 0.717) is 0 Å². The molecule has 5 nitrogen and oxygen atoms in total. The number of halogens is 4. The molecule has 1 fully saturated rings. The Morgan fingerprint density at radius 1 is 1.43 bits per heavy atom. The van der Waals surface area contributed by atoms with Crippen LogP contribution in [0.2, 0.25) is 10.2 Å². The van der Waals surface area contributed by atoms with E-state index < -0.39 is 24.4 Å². The van der Waals surface area contributed by atoms with Gasteiger partial charge in [-0.3, -0.25) is 9.59 Å². The van der Waals surface area contributed by atoms with Gasteiger partial charge in [-0.2, -0.15) is 0 Å². The summed E-state index contributed by atoms with van der Waals surface area (Å²) in [5.41, 5.74) is -0.176. The third kappa shape index (κ3) is 4.51. The number of nitrogens with zero attached hydrogens (tertiary/aromatic N) is 2. The second-order valence-corrected chi connectivity index (χ2v) is 6.18. The number of pyridine rings is 1. The first-order chi connectivity index (χ1) is 10.7. The first-order valence-corrected chi connectivity index (χ1v) is 7.70. The largest absolute Gasteiger partial charge is 0.354 e. The van der Waals surface area contributed by atoms with Crippen molar-refractivity contribution in [1.29, 1.82) is 0 Å². The molecular formula is C14H15Cl2F2N3O2. The lowest BCUT2D eigenvalue weighted by Gasteiger charge is -2.39. The summed E-state index contributed by atoms with van der Waals surface area (Å²) in [6.07, 6.45) is -0.283. The zero-order valence-electron chi connectivity index (χ0n) is 12.3. The number of carbonyl (C=O) groups is 2. The highest BCUT2D eigenvalue weighted by Gasteiger charge is 2.42. The maximum Gasteiger partial charge on any atom is 0.274 e. The van der Waals surface area contributed by atoms with Crippen molar-refractivity contribution in [3.63, 3.8) is 0 Å².